The second-order valence-electron chi connectivity index (χ2n) is 6.70. The van der Waals surface area contributed by atoms with Crippen LogP contribution in [0.25, 0.3) is 0 Å². The second kappa shape index (κ2) is 9.62. The lowest BCUT2D eigenvalue weighted by atomic mass is 10.2. The van der Waals surface area contributed by atoms with Crippen molar-refractivity contribution in [2.45, 2.75) is 33.8 Å². The van der Waals surface area contributed by atoms with Crippen LogP contribution in [0.3, 0.4) is 0 Å². The summed E-state index contributed by atoms with van der Waals surface area (Å²) in [7, 11) is 0. The van der Waals surface area contributed by atoms with Crippen molar-refractivity contribution in [1.29, 1.82) is 0 Å². The number of hydrogen-bond donors (Lipinski definition) is 2. The first kappa shape index (κ1) is 20.3. The van der Waals surface area contributed by atoms with Crippen molar-refractivity contribution in [2.24, 2.45) is 5.92 Å². The van der Waals surface area contributed by atoms with Crippen LogP contribution in [0, 0.1) is 12.8 Å². The SMILES string of the molecule is Cc1ccccc1OC(C)C(=O)NNC(=O)c1ccc(OCC(C)C)cc1. The molecule has 2 aromatic carbocycles. The number of hydrogen-bond acceptors (Lipinski definition) is 4. The Balaban J connectivity index is 1.83. The first-order valence-corrected chi connectivity index (χ1v) is 8.92. The van der Waals surface area contributed by atoms with E-state index in [1.807, 2.05) is 25.1 Å². The maximum atomic E-state index is 12.2. The molecule has 0 aliphatic carbocycles. The van der Waals surface area contributed by atoms with Crippen LogP contribution in [0.4, 0.5) is 0 Å². The Morgan fingerprint density at radius 3 is 2.26 bits per heavy atom. The highest BCUT2D eigenvalue weighted by Crippen LogP contribution is 2.17. The van der Waals surface area contributed by atoms with Crippen molar-refractivity contribution in [2.75, 3.05) is 6.61 Å². The number of amides is 2. The van der Waals surface area contributed by atoms with Gasteiger partial charge in [-0.25, -0.2) is 0 Å². The topological polar surface area (TPSA) is 76.7 Å². The fourth-order valence-corrected chi connectivity index (χ4v) is 2.19. The molecule has 0 spiro atoms. The highest BCUT2D eigenvalue weighted by molar-refractivity contribution is 5.95. The fourth-order valence-electron chi connectivity index (χ4n) is 2.19. The molecular formula is C21H26N2O4. The molecule has 2 aromatic rings. The molecule has 0 heterocycles. The molecule has 27 heavy (non-hydrogen) atoms. The first-order valence-electron chi connectivity index (χ1n) is 8.92. The number of rotatable bonds is 7. The van der Waals surface area contributed by atoms with E-state index in [0.29, 0.717) is 29.6 Å². The van der Waals surface area contributed by atoms with Gasteiger partial charge in [-0.15, -0.1) is 0 Å². The van der Waals surface area contributed by atoms with Gasteiger partial charge in [0.25, 0.3) is 11.8 Å². The van der Waals surface area contributed by atoms with Gasteiger partial charge in [-0.2, -0.15) is 0 Å². The van der Waals surface area contributed by atoms with Gasteiger partial charge in [0.2, 0.25) is 0 Å². The zero-order chi connectivity index (χ0) is 19.8. The third-order valence-electron chi connectivity index (χ3n) is 3.77. The molecule has 2 N–H and O–H groups in total. The summed E-state index contributed by atoms with van der Waals surface area (Å²) < 4.78 is 11.2. The smallest absolute Gasteiger partial charge is 0.279 e. The van der Waals surface area contributed by atoms with Crippen LogP contribution in [0.2, 0.25) is 0 Å². The summed E-state index contributed by atoms with van der Waals surface area (Å²) in [6, 6.07) is 14.2. The van der Waals surface area contributed by atoms with Gasteiger partial charge < -0.3 is 9.47 Å². The van der Waals surface area contributed by atoms with Crippen molar-refractivity contribution >= 4 is 11.8 Å². The van der Waals surface area contributed by atoms with Crippen LogP contribution in [0.1, 0.15) is 36.7 Å². The lowest BCUT2D eigenvalue weighted by molar-refractivity contribution is -0.128. The minimum absolute atomic E-state index is 0.415. The molecule has 1 unspecified atom stereocenters. The molecule has 0 fully saturated rings. The minimum Gasteiger partial charge on any atom is -0.493 e. The molecule has 6 heteroatoms. The molecule has 1 atom stereocenters. The molecule has 144 valence electrons. The molecule has 6 nitrogen and oxygen atoms in total. The van der Waals surface area contributed by atoms with Crippen LogP contribution < -0.4 is 20.3 Å². The van der Waals surface area contributed by atoms with Crippen LogP contribution in [-0.4, -0.2) is 24.5 Å². The Morgan fingerprint density at radius 1 is 0.963 bits per heavy atom. The molecule has 0 aliphatic rings. The molecule has 0 saturated carbocycles. The van der Waals surface area contributed by atoms with Crippen molar-refractivity contribution in [3.63, 3.8) is 0 Å². The minimum atomic E-state index is -0.752. The van der Waals surface area contributed by atoms with E-state index < -0.39 is 17.9 Å². The third-order valence-corrected chi connectivity index (χ3v) is 3.77. The van der Waals surface area contributed by atoms with E-state index in [1.165, 1.54) is 0 Å². The van der Waals surface area contributed by atoms with Crippen molar-refractivity contribution in [1.82, 2.24) is 10.9 Å². The average molecular weight is 370 g/mol. The molecule has 0 radical (unpaired) electrons. The number of carbonyl (C=O) groups excluding carboxylic acids is 2. The highest BCUT2D eigenvalue weighted by Gasteiger charge is 2.16. The molecular weight excluding hydrogens is 344 g/mol. The van der Waals surface area contributed by atoms with Gasteiger partial charge in [0, 0.05) is 5.56 Å². The van der Waals surface area contributed by atoms with E-state index in [9.17, 15) is 9.59 Å². The van der Waals surface area contributed by atoms with Crippen LogP contribution in [0.5, 0.6) is 11.5 Å². The number of benzene rings is 2. The summed E-state index contributed by atoms with van der Waals surface area (Å²) in [5, 5.41) is 0. The van der Waals surface area contributed by atoms with Crippen molar-refractivity contribution in [3.8, 4) is 11.5 Å². The quantitative estimate of drug-likeness (QED) is 0.734. The normalized spacial score (nSPS) is 11.6. The summed E-state index contributed by atoms with van der Waals surface area (Å²) in [5.74, 6) is 0.894. The lowest BCUT2D eigenvalue weighted by Gasteiger charge is -2.16. The first-order chi connectivity index (χ1) is 12.9. The number of para-hydroxylation sites is 1. The average Bonchev–Trinajstić information content (AvgIpc) is 2.66. The Labute approximate surface area is 159 Å². The van der Waals surface area contributed by atoms with Crippen molar-refractivity contribution < 1.29 is 19.1 Å². The summed E-state index contributed by atoms with van der Waals surface area (Å²) in [6.07, 6.45) is -0.752. The van der Waals surface area contributed by atoms with Gasteiger partial charge in [0.05, 0.1) is 6.61 Å². The monoisotopic (exact) mass is 370 g/mol. The van der Waals surface area contributed by atoms with Crippen molar-refractivity contribution in [3.05, 3.63) is 59.7 Å². The summed E-state index contributed by atoms with van der Waals surface area (Å²) >= 11 is 0. The van der Waals surface area contributed by atoms with E-state index in [0.717, 1.165) is 5.56 Å². The summed E-state index contributed by atoms with van der Waals surface area (Å²) in [6.45, 7) is 8.26. The van der Waals surface area contributed by atoms with Gasteiger partial charge in [0.15, 0.2) is 6.10 Å². The van der Waals surface area contributed by atoms with Gasteiger partial charge in [-0.3, -0.25) is 20.4 Å². The van der Waals surface area contributed by atoms with Gasteiger partial charge in [-0.1, -0.05) is 32.0 Å². The Kier molecular flexibility index (Phi) is 7.23. The number of hydrazine groups is 1. The van der Waals surface area contributed by atoms with Crippen LogP contribution >= 0.6 is 0 Å². The Hall–Kier alpha value is -3.02. The highest BCUT2D eigenvalue weighted by atomic mass is 16.5. The molecule has 0 aromatic heterocycles. The Bertz CT molecular complexity index is 772. The van der Waals surface area contributed by atoms with E-state index >= 15 is 0 Å². The van der Waals surface area contributed by atoms with Gasteiger partial charge >= 0.3 is 0 Å². The number of nitrogens with one attached hydrogen (secondary N) is 2. The molecule has 0 bridgehead atoms. The maximum absolute atomic E-state index is 12.2. The van der Waals surface area contributed by atoms with E-state index in [2.05, 4.69) is 24.7 Å². The third kappa shape index (κ3) is 6.33. The number of ether oxygens (including phenoxy) is 2. The van der Waals surface area contributed by atoms with Gasteiger partial charge in [-0.05, 0) is 55.7 Å². The van der Waals surface area contributed by atoms with Crippen LogP contribution in [0.15, 0.2) is 48.5 Å². The molecule has 2 rings (SSSR count). The van der Waals surface area contributed by atoms with E-state index in [1.54, 1.807) is 37.3 Å². The Morgan fingerprint density at radius 2 is 1.63 bits per heavy atom. The zero-order valence-electron chi connectivity index (χ0n) is 16.1. The van der Waals surface area contributed by atoms with E-state index in [-0.39, 0.29) is 0 Å². The fraction of sp³-hybridized carbons (Fsp3) is 0.333. The molecule has 2 amide bonds. The second-order valence-corrected chi connectivity index (χ2v) is 6.70. The number of carbonyl (C=O) groups is 2. The predicted octanol–water partition coefficient (Wildman–Crippen LogP) is 3.26. The maximum Gasteiger partial charge on any atom is 0.279 e. The number of aryl methyl sites for hydroxylation is 1. The van der Waals surface area contributed by atoms with E-state index in [4.69, 9.17) is 9.47 Å². The van der Waals surface area contributed by atoms with Gasteiger partial charge in [0.1, 0.15) is 11.5 Å². The largest absolute Gasteiger partial charge is 0.493 e. The molecule has 0 aliphatic heterocycles. The summed E-state index contributed by atoms with van der Waals surface area (Å²) in [4.78, 5) is 24.3. The van der Waals surface area contributed by atoms with Crippen LogP contribution in [-0.2, 0) is 4.79 Å². The summed E-state index contributed by atoms with van der Waals surface area (Å²) in [5.41, 5.74) is 6.12. The molecule has 0 saturated heterocycles. The predicted molar refractivity (Wildman–Crippen MR) is 104 cm³/mol. The zero-order valence-corrected chi connectivity index (χ0v) is 16.1. The standard InChI is InChI=1S/C21H26N2O4/c1-14(2)13-26-18-11-9-17(10-12-18)21(25)23-22-20(24)16(4)27-19-8-6-5-7-15(19)3/h5-12,14,16H,13H2,1-4H3,(H,22,24)(H,23,25). The lowest BCUT2D eigenvalue weighted by Crippen LogP contribution is -2.47.